The van der Waals surface area contributed by atoms with Crippen molar-refractivity contribution in [3.05, 3.63) is 0 Å². The molecule has 0 aliphatic heterocycles. The zero-order chi connectivity index (χ0) is 16.8. The maximum Gasteiger partial charge on any atom is 0.306 e. The second kappa shape index (κ2) is 7.81. The average Bonchev–Trinajstić information content (AvgIpc) is 2.25. The molecule has 0 radical (unpaired) electrons. The highest BCUT2D eigenvalue weighted by Gasteiger charge is 2.25. The number of ether oxygens (including phenoxy) is 2. The van der Waals surface area contributed by atoms with E-state index in [0.717, 1.165) is 0 Å². The fourth-order valence-electron chi connectivity index (χ4n) is 1.24. The molecule has 0 heterocycles. The Bertz CT molecular complexity index is 313. The summed E-state index contributed by atoms with van der Waals surface area (Å²) in [5.74, 6) is -0.511. The molecule has 0 amide bonds. The van der Waals surface area contributed by atoms with E-state index in [9.17, 15) is 9.59 Å². The van der Waals surface area contributed by atoms with Gasteiger partial charge >= 0.3 is 11.9 Å². The number of carbonyl (C=O) groups is 2. The van der Waals surface area contributed by atoms with Gasteiger partial charge in [-0.25, -0.2) is 0 Å². The molecular formula is C17H32O4. The van der Waals surface area contributed by atoms with Gasteiger partial charge in [-0.1, -0.05) is 41.5 Å². The lowest BCUT2D eigenvalue weighted by atomic mass is 9.90. The minimum atomic E-state index is -0.255. The molecule has 0 spiro atoms. The first-order chi connectivity index (χ1) is 9.34. The zero-order valence-corrected chi connectivity index (χ0v) is 14.9. The highest BCUT2D eigenvalue weighted by molar-refractivity contribution is 5.72. The Balaban J connectivity index is 3.99. The SMILES string of the molecule is CC(OC(=O)CCCC(=O)OC(C)C(C)(C)C)C(C)(C)C. The smallest absolute Gasteiger partial charge is 0.306 e. The van der Waals surface area contributed by atoms with Crippen LogP contribution in [0.4, 0.5) is 0 Å². The quantitative estimate of drug-likeness (QED) is 0.693. The van der Waals surface area contributed by atoms with Gasteiger partial charge in [-0.15, -0.1) is 0 Å². The number of hydrogen-bond donors (Lipinski definition) is 0. The molecule has 124 valence electrons. The van der Waals surface area contributed by atoms with Crippen LogP contribution in [0.3, 0.4) is 0 Å². The van der Waals surface area contributed by atoms with Gasteiger partial charge in [-0.2, -0.15) is 0 Å². The molecule has 0 N–H and O–H groups in total. The van der Waals surface area contributed by atoms with Gasteiger partial charge in [0.2, 0.25) is 0 Å². The predicted molar refractivity (Wildman–Crippen MR) is 83.9 cm³/mol. The van der Waals surface area contributed by atoms with Gasteiger partial charge in [0.15, 0.2) is 0 Å². The van der Waals surface area contributed by atoms with Crippen molar-refractivity contribution in [1.82, 2.24) is 0 Å². The van der Waals surface area contributed by atoms with Crippen LogP contribution >= 0.6 is 0 Å². The Kier molecular flexibility index (Phi) is 7.41. The molecule has 2 unspecified atom stereocenters. The van der Waals surface area contributed by atoms with Crippen molar-refractivity contribution in [3.63, 3.8) is 0 Å². The maximum atomic E-state index is 11.7. The lowest BCUT2D eigenvalue weighted by Crippen LogP contribution is -2.29. The van der Waals surface area contributed by atoms with Crippen molar-refractivity contribution >= 4 is 11.9 Å². The van der Waals surface area contributed by atoms with Crippen molar-refractivity contribution in [2.75, 3.05) is 0 Å². The van der Waals surface area contributed by atoms with Crippen LogP contribution in [-0.4, -0.2) is 24.1 Å². The summed E-state index contributed by atoms with van der Waals surface area (Å²) < 4.78 is 10.7. The fraction of sp³-hybridized carbons (Fsp3) is 0.882. The van der Waals surface area contributed by atoms with Crippen LogP contribution in [0.2, 0.25) is 0 Å². The van der Waals surface area contributed by atoms with E-state index in [1.807, 2.05) is 55.4 Å². The Morgan fingerprint density at radius 1 is 0.762 bits per heavy atom. The van der Waals surface area contributed by atoms with Crippen LogP contribution in [0.5, 0.6) is 0 Å². The minimum absolute atomic E-state index is 0.0727. The molecule has 2 atom stereocenters. The lowest BCUT2D eigenvalue weighted by Gasteiger charge is -2.27. The molecular weight excluding hydrogens is 268 g/mol. The number of esters is 2. The molecule has 0 aromatic carbocycles. The molecule has 0 rings (SSSR count). The molecule has 0 fully saturated rings. The highest BCUT2D eigenvalue weighted by atomic mass is 16.5. The van der Waals surface area contributed by atoms with Crippen LogP contribution in [-0.2, 0) is 19.1 Å². The molecule has 0 aromatic rings. The number of hydrogen-bond acceptors (Lipinski definition) is 4. The fourth-order valence-corrected chi connectivity index (χ4v) is 1.24. The van der Waals surface area contributed by atoms with Crippen molar-refractivity contribution in [1.29, 1.82) is 0 Å². The summed E-state index contributed by atoms with van der Waals surface area (Å²) in [4.78, 5) is 23.4. The second-order valence-corrected chi connectivity index (χ2v) is 7.85. The van der Waals surface area contributed by atoms with Crippen molar-refractivity contribution < 1.29 is 19.1 Å². The standard InChI is InChI=1S/C17H32O4/c1-12(16(3,4)5)20-14(18)10-9-11-15(19)21-13(2)17(6,7)8/h12-13H,9-11H2,1-8H3. The maximum absolute atomic E-state index is 11.7. The van der Waals surface area contributed by atoms with E-state index in [4.69, 9.17) is 9.47 Å². The Hall–Kier alpha value is -1.06. The van der Waals surface area contributed by atoms with Gasteiger partial charge in [0.05, 0.1) is 0 Å². The van der Waals surface area contributed by atoms with Crippen LogP contribution < -0.4 is 0 Å². The van der Waals surface area contributed by atoms with Gasteiger partial charge in [-0.3, -0.25) is 9.59 Å². The van der Waals surface area contributed by atoms with E-state index < -0.39 is 0 Å². The summed E-state index contributed by atoms with van der Waals surface area (Å²) in [7, 11) is 0. The topological polar surface area (TPSA) is 52.6 Å². The molecule has 4 heteroatoms. The summed E-state index contributed by atoms with van der Waals surface area (Å²) in [5, 5.41) is 0. The van der Waals surface area contributed by atoms with E-state index in [2.05, 4.69) is 0 Å². The van der Waals surface area contributed by atoms with Gasteiger partial charge < -0.3 is 9.47 Å². The van der Waals surface area contributed by atoms with Crippen molar-refractivity contribution in [2.45, 2.75) is 86.9 Å². The summed E-state index contributed by atoms with van der Waals surface area (Å²) in [5.41, 5.74) is -0.145. The summed E-state index contributed by atoms with van der Waals surface area (Å²) >= 11 is 0. The molecule has 0 aliphatic carbocycles. The van der Waals surface area contributed by atoms with Crippen LogP contribution in [0, 0.1) is 10.8 Å². The highest BCUT2D eigenvalue weighted by Crippen LogP contribution is 2.23. The van der Waals surface area contributed by atoms with E-state index in [1.54, 1.807) is 0 Å². The number of rotatable bonds is 6. The van der Waals surface area contributed by atoms with Crippen molar-refractivity contribution in [3.8, 4) is 0 Å². The normalized spacial score (nSPS) is 15.2. The Morgan fingerprint density at radius 2 is 1.05 bits per heavy atom. The van der Waals surface area contributed by atoms with Gasteiger partial charge in [-0.05, 0) is 31.1 Å². The summed E-state index contributed by atoms with van der Waals surface area (Å²) in [6.07, 6.45) is 0.681. The summed E-state index contributed by atoms with van der Waals surface area (Å²) in [6.45, 7) is 15.9. The third-order valence-corrected chi connectivity index (χ3v) is 3.82. The first kappa shape index (κ1) is 19.9. The monoisotopic (exact) mass is 300 g/mol. The second-order valence-electron chi connectivity index (χ2n) is 7.85. The first-order valence-electron chi connectivity index (χ1n) is 7.73. The third kappa shape index (κ3) is 8.74. The molecule has 0 aromatic heterocycles. The first-order valence-corrected chi connectivity index (χ1v) is 7.73. The molecule has 4 nitrogen and oxygen atoms in total. The van der Waals surface area contributed by atoms with E-state index in [-0.39, 0.29) is 47.8 Å². The average molecular weight is 300 g/mol. The molecule has 0 aliphatic rings. The Labute approximate surface area is 129 Å². The van der Waals surface area contributed by atoms with Crippen LogP contribution in [0.25, 0.3) is 0 Å². The molecule has 0 saturated heterocycles. The Morgan fingerprint density at radius 3 is 1.29 bits per heavy atom. The van der Waals surface area contributed by atoms with Gasteiger partial charge in [0, 0.05) is 12.8 Å². The predicted octanol–water partition coefficient (Wildman–Crippen LogP) is 4.11. The van der Waals surface area contributed by atoms with E-state index in [0.29, 0.717) is 6.42 Å². The molecule has 21 heavy (non-hydrogen) atoms. The zero-order valence-electron chi connectivity index (χ0n) is 14.9. The summed E-state index contributed by atoms with van der Waals surface area (Å²) in [6, 6.07) is 0. The largest absolute Gasteiger partial charge is 0.462 e. The van der Waals surface area contributed by atoms with Crippen molar-refractivity contribution in [2.24, 2.45) is 10.8 Å². The van der Waals surface area contributed by atoms with E-state index in [1.165, 1.54) is 0 Å². The number of carbonyl (C=O) groups excluding carboxylic acids is 2. The van der Waals surface area contributed by atoms with Crippen LogP contribution in [0.15, 0.2) is 0 Å². The van der Waals surface area contributed by atoms with Crippen LogP contribution in [0.1, 0.15) is 74.7 Å². The lowest BCUT2D eigenvalue weighted by molar-refractivity contribution is -0.155. The van der Waals surface area contributed by atoms with Gasteiger partial charge in [0.1, 0.15) is 12.2 Å². The van der Waals surface area contributed by atoms with E-state index >= 15 is 0 Å². The van der Waals surface area contributed by atoms with Gasteiger partial charge in [0.25, 0.3) is 0 Å². The molecule has 0 saturated carbocycles. The third-order valence-electron chi connectivity index (χ3n) is 3.82. The molecule has 0 bridgehead atoms. The minimum Gasteiger partial charge on any atom is -0.462 e.